The van der Waals surface area contributed by atoms with Crippen molar-refractivity contribution < 1.29 is 9.90 Å². The van der Waals surface area contributed by atoms with E-state index >= 15 is 0 Å². The molecule has 148 valence electrons. The molecule has 28 heavy (non-hydrogen) atoms. The van der Waals surface area contributed by atoms with E-state index in [1.807, 2.05) is 36.5 Å². The molecule has 7 nitrogen and oxygen atoms in total. The van der Waals surface area contributed by atoms with Crippen molar-refractivity contribution in [3.63, 3.8) is 0 Å². The van der Waals surface area contributed by atoms with E-state index in [1.54, 1.807) is 0 Å². The number of fused-ring (bicyclic) bond motifs is 1. The first-order valence-electron chi connectivity index (χ1n) is 9.13. The van der Waals surface area contributed by atoms with E-state index < -0.39 is 6.10 Å². The van der Waals surface area contributed by atoms with Crippen LogP contribution in [0.2, 0.25) is 5.02 Å². The minimum atomic E-state index is -0.464. The molecule has 1 amide bonds. The number of nitrogens with zero attached hydrogens (tertiary/aromatic N) is 3. The zero-order valence-corrected chi connectivity index (χ0v) is 16.4. The predicted molar refractivity (Wildman–Crippen MR) is 110 cm³/mol. The highest BCUT2D eigenvalue weighted by Crippen LogP contribution is 2.42. The Morgan fingerprint density at radius 1 is 1.25 bits per heavy atom. The number of carbonyl (C=O) groups excluding carboxylic acids is 1. The summed E-state index contributed by atoms with van der Waals surface area (Å²) in [6.07, 6.45) is 5.98. The maximum absolute atomic E-state index is 10.7. The molecular weight excluding hydrogens is 378 g/mol. The van der Waals surface area contributed by atoms with Crippen LogP contribution in [-0.2, 0) is 4.79 Å². The van der Waals surface area contributed by atoms with Crippen molar-refractivity contribution in [2.24, 2.45) is 11.7 Å². The predicted octanol–water partition coefficient (Wildman–Crippen LogP) is 3.23. The molecule has 2 heterocycles. The van der Waals surface area contributed by atoms with Crippen LogP contribution in [0.15, 0.2) is 42.9 Å². The fourth-order valence-electron chi connectivity index (χ4n) is 3.75. The van der Waals surface area contributed by atoms with Gasteiger partial charge in [-0.25, -0.2) is 9.97 Å². The number of primary amides is 1. The molecule has 3 aromatic rings. The number of aromatic nitrogens is 3. The van der Waals surface area contributed by atoms with E-state index in [0.29, 0.717) is 16.9 Å². The van der Waals surface area contributed by atoms with E-state index in [4.69, 9.17) is 17.3 Å². The molecule has 3 unspecified atom stereocenters. The first-order valence-corrected chi connectivity index (χ1v) is 9.51. The first-order chi connectivity index (χ1) is 13.4. The highest BCUT2D eigenvalue weighted by atomic mass is 35.5. The highest BCUT2D eigenvalue weighted by Gasteiger charge is 2.32. The summed E-state index contributed by atoms with van der Waals surface area (Å²) in [5.74, 6) is 0.405. The number of hydrogen-bond acceptors (Lipinski definition) is 5. The average Bonchev–Trinajstić information content (AvgIpc) is 3.29. The number of carbonyl (C=O) groups is 1. The largest absolute Gasteiger partial charge is 0.388 e. The van der Waals surface area contributed by atoms with Gasteiger partial charge in [0.2, 0.25) is 5.91 Å². The van der Waals surface area contributed by atoms with Crippen molar-refractivity contribution in [1.82, 2.24) is 14.5 Å². The summed E-state index contributed by atoms with van der Waals surface area (Å²) >= 11 is 5.93. The van der Waals surface area contributed by atoms with Gasteiger partial charge in [0.25, 0.3) is 0 Å². The van der Waals surface area contributed by atoms with E-state index in [9.17, 15) is 9.90 Å². The molecule has 1 aliphatic rings. The van der Waals surface area contributed by atoms with Crippen molar-refractivity contribution in [3.8, 4) is 0 Å². The Balaban J connectivity index is 0.000000516. The smallest absolute Gasteiger partial charge is 0.214 e. The Labute approximate surface area is 168 Å². The lowest BCUT2D eigenvalue weighted by Gasteiger charge is -2.19. The monoisotopic (exact) mass is 401 g/mol. The summed E-state index contributed by atoms with van der Waals surface area (Å²) in [6.45, 7) is 1.31. The lowest BCUT2D eigenvalue weighted by Crippen LogP contribution is -2.11. The van der Waals surface area contributed by atoms with Gasteiger partial charge in [-0.05, 0) is 48.9 Å². The second-order valence-electron chi connectivity index (χ2n) is 7.05. The van der Waals surface area contributed by atoms with E-state index in [-0.39, 0.29) is 11.8 Å². The number of amides is 1. The van der Waals surface area contributed by atoms with Crippen molar-refractivity contribution in [2.75, 3.05) is 5.73 Å². The normalized spacial score (nSPS) is 19.8. The van der Waals surface area contributed by atoms with Gasteiger partial charge in [0.15, 0.2) is 0 Å². The maximum atomic E-state index is 10.7. The molecule has 5 N–H and O–H groups in total. The number of aliphatic hydroxyl groups excluding tert-OH is 1. The van der Waals surface area contributed by atoms with Crippen molar-refractivity contribution in [3.05, 3.63) is 53.4 Å². The van der Waals surface area contributed by atoms with Gasteiger partial charge in [-0.3, -0.25) is 4.79 Å². The van der Waals surface area contributed by atoms with Crippen LogP contribution in [0.3, 0.4) is 0 Å². The molecule has 8 heteroatoms. The Morgan fingerprint density at radius 3 is 2.61 bits per heavy atom. The van der Waals surface area contributed by atoms with Crippen LogP contribution in [0, 0.1) is 5.92 Å². The zero-order valence-electron chi connectivity index (χ0n) is 15.6. The molecule has 3 atom stereocenters. The molecular formula is C20H24ClN5O2. The first kappa shape index (κ1) is 20.1. The topological polar surface area (TPSA) is 120 Å². The molecule has 1 saturated carbocycles. The Bertz CT molecular complexity index is 953. The van der Waals surface area contributed by atoms with Crippen molar-refractivity contribution in [2.45, 2.75) is 38.3 Å². The van der Waals surface area contributed by atoms with E-state index in [0.717, 1.165) is 35.9 Å². The fourth-order valence-corrected chi connectivity index (χ4v) is 3.87. The third-order valence-corrected chi connectivity index (χ3v) is 5.29. The molecule has 4 rings (SSSR count). The summed E-state index contributed by atoms with van der Waals surface area (Å²) in [4.78, 5) is 17.6. The molecule has 1 aromatic carbocycles. The lowest BCUT2D eigenvalue weighted by molar-refractivity contribution is -0.115. The van der Waals surface area contributed by atoms with Gasteiger partial charge in [0, 0.05) is 24.2 Å². The number of hydrogen-bond donors (Lipinski definition) is 3. The Hall–Kier alpha value is -2.64. The lowest BCUT2D eigenvalue weighted by atomic mass is 9.94. The molecule has 0 aliphatic heterocycles. The average molecular weight is 402 g/mol. The molecule has 0 saturated heterocycles. The number of rotatable bonds is 3. The summed E-state index contributed by atoms with van der Waals surface area (Å²) in [5.41, 5.74) is 12.2. The summed E-state index contributed by atoms with van der Waals surface area (Å²) in [5, 5.41) is 12.3. The van der Waals surface area contributed by atoms with E-state index in [2.05, 4.69) is 20.3 Å². The Morgan fingerprint density at radius 2 is 1.93 bits per heavy atom. The van der Waals surface area contributed by atoms with Gasteiger partial charge in [0.1, 0.15) is 17.8 Å². The number of benzene rings is 1. The number of aliphatic hydroxyl groups is 1. The minimum Gasteiger partial charge on any atom is -0.388 e. The van der Waals surface area contributed by atoms with Crippen LogP contribution < -0.4 is 11.5 Å². The van der Waals surface area contributed by atoms with Gasteiger partial charge < -0.3 is 21.1 Å². The highest BCUT2D eigenvalue weighted by molar-refractivity contribution is 6.30. The number of nitrogens with two attached hydrogens (primary N) is 2. The third-order valence-electron chi connectivity index (χ3n) is 5.04. The second kappa shape index (κ2) is 8.58. The number of halogens is 1. The van der Waals surface area contributed by atoms with Gasteiger partial charge in [0.05, 0.1) is 11.5 Å². The van der Waals surface area contributed by atoms with Crippen LogP contribution in [0.25, 0.3) is 11.0 Å². The van der Waals surface area contributed by atoms with Gasteiger partial charge in [-0.15, -0.1) is 0 Å². The maximum Gasteiger partial charge on any atom is 0.214 e. The van der Waals surface area contributed by atoms with Crippen LogP contribution in [0.4, 0.5) is 5.82 Å². The van der Waals surface area contributed by atoms with Crippen molar-refractivity contribution >= 4 is 34.4 Å². The standard InChI is InChI=1S/C18H19ClN4O.C2H5NO/c19-13-4-1-11(2-5-13)16(24)12-3-6-14(9-12)23-8-7-15-17(20)21-10-22-18(15)23;1-2(3)4/h1-2,4-5,7-8,10,12,14,16,24H,3,6,9H2,(H2,20,21,22);1H3,(H2,3,4). The fraction of sp³-hybridized carbons (Fsp3) is 0.350. The molecule has 1 aliphatic carbocycles. The van der Waals surface area contributed by atoms with Crippen LogP contribution in [-0.4, -0.2) is 25.5 Å². The van der Waals surface area contributed by atoms with Crippen molar-refractivity contribution in [1.29, 1.82) is 0 Å². The zero-order chi connectivity index (χ0) is 20.3. The third kappa shape index (κ3) is 4.43. The van der Waals surface area contributed by atoms with Crippen LogP contribution in [0.1, 0.15) is 43.9 Å². The molecule has 0 radical (unpaired) electrons. The number of nitrogen functional groups attached to an aromatic ring is 1. The quantitative estimate of drug-likeness (QED) is 0.622. The van der Waals surface area contributed by atoms with E-state index in [1.165, 1.54) is 13.3 Å². The number of anilines is 1. The summed E-state index contributed by atoms with van der Waals surface area (Å²) in [7, 11) is 0. The van der Waals surface area contributed by atoms with Crippen LogP contribution >= 0.6 is 11.6 Å². The Kier molecular flexibility index (Phi) is 6.16. The molecule has 0 bridgehead atoms. The summed E-state index contributed by atoms with van der Waals surface area (Å²) < 4.78 is 2.17. The molecule has 2 aromatic heterocycles. The van der Waals surface area contributed by atoms with Gasteiger partial charge >= 0.3 is 0 Å². The van der Waals surface area contributed by atoms with Crippen LogP contribution in [0.5, 0.6) is 0 Å². The van der Waals surface area contributed by atoms with Gasteiger partial charge in [-0.2, -0.15) is 0 Å². The van der Waals surface area contributed by atoms with Gasteiger partial charge in [-0.1, -0.05) is 23.7 Å². The molecule has 0 spiro atoms. The second-order valence-corrected chi connectivity index (χ2v) is 7.49. The minimum absolute atomic E-state index is 0.229. The molecule has 1 fully saturated rings. The summed E-state index contributed by atoms with van der Waals surface area (Å²) in [6, 6.07) is 9.74. The SMILES string of the molecule is CC(N)=O.Nc1ncnc2c1ccn2C1CCC(C(O)c2ccc(Cl)cc2)C1.